The van der Waals surface area contributed by atoms with E-state index in [1.54, 1.807) is 30.3 Å². The van der Waals surface area contributed by atoms with Gasteiger partial charge in [0, 0.05) is 19.0 Å². The van der Waals surface area contributed by atoms with Gasteiger partial charge < -0.3 is 10.5 Å². The Hall–Kier alpha value is -3.22. The van der Waals surface area contributed by atoms with Gasteiger partial charge >= 0.3 is 0 Å². The third kappa shape index (κ3) is 4.00. The lowest BCUT2D eigenvalue weighted by atomic mass is 10.2. The monoisotopic (exact) mass is 341 g/mol. The maximum atomic E-state index is 13.2. The van der Waals surface area contributed by atoms with Crippen LogP contribution in [0.4, 0.5) is 4.39 Å². The van der Waals surface area contributed by atoms with Crippen molar-refractivity contribution in [2.75, 3.05) is 0 Å². The van der Waals surface area contributed by atoms with Crippen molar-refractivity contribution in [3.8, 4) is 5.75 Å². The van der Waals surface area contributed by atoms with Gasteiger partial charge in [-0.2, -0.15) is 0 Å². The molecule has 0 aliphatic heterocycles. The van der Waals surface area contributed by atoms with Gasteiger partial charge in [-0.05, 0) is 29.8 Å². The molecule has 0 aliphatic carbocycles. The van der Waals surface area contributed by atoms with Crippen LogP contribution >= 0.6 is 0 Å². The molecule has 0 unspecified atom stereocenters. The van der Waals surface area contributed by atoms with Gasteiger partial charge in [-0.25, -0.2) is 9.37 Å². The van der Waals surface area contributed by atoms with E-state index in [9.17, 15) is 14.0 Å². The fourth-order valence-corrected chi connectivity index (χ4v) is 2.41. The van der Waals surface area contributed by atoms with Crippen molar-refractivity contribution >= 4 is 16.8 Å². The Balaban J connectivity index is 1.79. The van der Waals surface area contributed by atoms with E-state index in [0.29, 0.717) is 22.2 Å². The molecule has 0 spiro atoms. The van der Waals surface area contributed by atoms with E-state index in [-0.39, 0.29) is 30.9 Å². The molecule has 2 N–H and O–H groups in total. The lowest BCUT2D eigenvalue weighted by Gasteiger charge is -2.09. The average molecular weight is 341 g/mol. The molecule has 0 bridgehead atoms. The molecule has 2 aromatic carbocycles. The summed E-state index contributed by atoms with van der Waals surface area (Å²) in [6, 6.07) is 11.1. The van der Waals surface area contributed by atoms with Crippen molar-refractivity contribution in [2.24, 2.45) is 5.73 Å². The number of primary amides is 1. The Kier molecular flexibility index (Phi) is 4.74. The quantitative estimate of drug-likeness (QED) is 0.743. The fourth-order valence-electron chi connectivity index (χ4n) is 2.41. The second kappa shape index (κ2) is 7.12. The van der Waals surface area contributed by atoms with Gasteiger partial charge in [0.15, 0.2) is 0 Å². The number of hydrogen-bond donors (Lipinski definition) is 1. The molecule has 7 heteroatoms. The number of carbonyl (C=O) groups excluding carboxylic acids is 1. The molecule has 1 amide bonds. The van der Waals surface area contributed by atoms with Crippen LogP contribution in [0.2, 0.25) is 0 Å². The number of aromatic nitrogens is 2. The molecular weight excluding hydrogens is 325 g/mol. The maximum Gasteiger partial charge on any atom is 0.261 e. The molecule has 1 aromatic heterocycles. The number of carbonyl (C=O) groups is 1. The molecule has 0 atom stereocenters. The smallest absolute Gasteiger partial charge is 0.261 e. The van der Waals surface area contributed by atoms with Crippen molar-refractivity contribution in [3.05, 3.63) is 70.5 Å². The Morgan fingerprint density at radius 3 is 2.84 bits per heavy atom. The van der Waals surface area contributed by atoms with E-state index in [0.717, 1.165) is 0 Å². The average Bonchev–Trinajstić information content (AvgIpc) is 2.59. The molecular formula is C18H16FN3O3. The van der Waals surface area contributed by atoms with E-state index in [4.69, 9.17) is 10.5 Å². The molecule has 0 aliphatic rings. The lowest BCUT2D eigenvalue weighted by molar-refractivity contribution is -0.118. The number of ether oxygens (including phenoxy) is 1. The van der Waals surface area contributed by atoms with Crippen LogP contribution in [0.5, 0.6) is 5.75 Å². The molecule has 1 heterocycles. The molecule has 6 nitrogen and oxygen atoms in total. The summed E-state index contributed by atoms with van der Waals surface area (Å²) in [7, 11) is 0. The van der Waals surface area contributed by atoms with Gasteiger partial charge in [-0.1, -0.05) is 12.1 Å². The lowest BCUT2D eigenvalue weighted by Crippen LogP contribution is -2.23. The molecule has 0 saturated heterocycles. The van der Waals surface area contributed by atoms with Gasteiger partial charge in [0.1, 0.15) is 18.2 Å². The number of amides is 1. The molecule has 3 rings (SSSR count). The molecule has 3 aromatic rings. The largest absolute Gasteiger partial charge is 0.489 e. The fraction of sp³-hybridized carbons (Fsp3) is 0.167. The van der Waals surface area contributed by atoms with Crippen LogP contribution in [0.25, 0.3) is 10.9 Å². The summed E-state index contributed by atoms with van der Waals surface area (Å²) in [5.41, 5.74) is 6.04. The first-order valence-electron chi connectivity index (χ1n) is 7.68. The van der Waals surface area contributed by atoms with Gasteiger partial charge in [-0.3, -0.25) is 14.2 Å². The summed E-state index contributed by atoms with van der Waals surface area (Å²) in [5, 5.41) is 0.421. The van der Waals surface area contributed by atoms with E-state index < -0.39 is 5.91 Å². The van der Waals surface area contributed by atoms with Gasteiger partial charge in [-0.15, -0.1) is 0 Å². The predicted octanol–water partition coefficient (Wildman–Crippen LogP) is 1.99. The van der Waals surface area contributed by atoms with E-state index in [2.05, 4.69) is 4.98 Å². The van der Waals surface area contributed by atoms with Crippen LogP contribution in [-0.2, 0) is 17.9 Å². The first kappa shape index (κ1) is 16.6. The van der Waals surface area contributed by atoms with E-state index in [1.165, 1.54) is 23.0 Å². The summed E-state index contributed by atoms with van der Waals surface area (Å²) in [6.07, 6.45) is 1.45. The van der Waals surface area contributed by atoms with Crippen LogP contribution in [0, 0.1) is 5.82 Å². The number of fused-ring (bicyclic) bond motifs is 1. The SMILES string of the molecule is NC(=O)CCn1cnc2cc(OCc3cccc(F)c3)ccc2c1=O. The summed E-state index contributed by atoms with van der Waals surface area (Å²) in [5.74, 6) is -0.274. The highest BCUT2D eigenvalue weighted by Gasteiger charge is 2.07. The summed E-state index contributed by atoms with van der Waals surface area (Å²) in [6.45, 7) is 0.397. The zero-order valence-corrected chi connectivity index (χ0v) is 13.3. The van der Waals surface area contributed by atoms with Crippen LogP contribution in [0.3, 0.4) is 0 Å². The van der Waals surface area contributed by atoms with Crippen molar-refractivity contribution in [3.63, 3.8) is 0 Å². The van der Waals surface area contributed by atoms with Gasteiger partial charge in [0.05, 0.1) is 17.2 Å². The Labute approximate surface area is 142 Å². The van der Waals surface area contributed by atoms with Crippen molar-refractivity contribution in [1.29, 1.82) is 0 Å². The zero-order chi connectivity index (χ0) is 17.8. The summed E-state index contributed by atoms with van der Waals surface area (Å²) in [4.78, 5) is 27.4. The number of benzene rings is 2. The zero-order valence-electron chi connectivity index (χ0n) is 13.3. The first-order valence-corrected chi connectivity index (χ1v) is 7.68. The number of nitrogens with zero attached hydrogens (tertiary/aromatic N) is 2. The molecule has 0 fully saturated rings. The van der Waals surface area contributed by atoms with Crippen molar-refractivity contribution in [1.82, 2.24) is 9.55 Å². The van der Waals surface area contributed by atoms with E-state index in [1.807, 2.05) is 0 Å². The van der Waals surface area contributed by atoms with Crippen LogP contribution in [-0.4, -0.2) is 15.5 Å². The van der Waals surface area contributed by atoms with Gasteiger partial charge in [0.2, 0.25) is 5.91 Å². The number of rotatable bonds is 6. The number of halogens is 1. The summed E-state index contributed by atoms with van der Waals surface area (Å²) >= 11 is 0. The second-order valence-corrected chi connectivity index (χ2v) is 5.56. The number of aryl methyl sites for hydroxylation is 1. The highest BCUT2D eigenvalue weighted by molar-refractivity contribution is 5.79. The minimum absolute atomic E-state index is 0.0714. The Bertz CT molecular complexity index is 985. The van der Waals surface area contributed by atoms with E-state index >= 15 is 0 Å². The second-order valence-electron chi connectivity index (χ2n) is 5.56. The number of hydrogen-bond acceptors (Lipinski definition) is 4. The Morgan fingerprint density at radius 1 is 1.24 bits per heavy atom. The van der Waals surface area contributed by atoms with Crippen LogP contribution in [0.15, 0.2) is 53.6 Å². The van der Waals surface area contributed by atoms with Gasteiger partial charge in [0.25, 0.3) is 5.56 Å². The highest BCUT2D eigenvalue weighted by atomic mass is 19.1. The molecule has 128 valence electrons. The number of nitrogens with two attached hydrogens (primary N) is 1. The standard InChI is InChI=1S/C18H16FN3O3/c19-13-3-1-2-12(8-13)10-25-14-4-5-15-16(9-14)21-11-22(18(15)24)7-6-17(20)23/h1-5,8-9,11H,6-7,10H2,(H2,20,23). The minimum Gasteiger partial charge on any atom is -0.489 e. The van der Waals surface area contributed by atoms with Crippen LogP contribution in [0.1, 0.15) is 12.0 Å². The van der Waals surface area contributed by atoms with Crippen molar-refractivity contribution in [2.45, 2.75) is 19.6 Å². The van der Waals surface area contributed by atoms with Crippen LogP contribution < -0.4 is 16.0 Å². The first-order chi connectivity index (χ1) is 12.0. The third-order valence-corrected chi connectivity index (χ3v) is 3.69. The minimum atomic E-state index is -0.479. The Morgan fingerprint density at radius 2 is 2.08 bits per heavy atom. The topological polar surface area (TPSA) is 87.2 Å². The van der Waals surface area contributed by atoms with Crippen molar-refractivity contribution < 1.29 is 13.9 Å². The predicted molar refractivity (Wildman–Crippen MR) is 90.5 cm³/mol. The normalized spacial score (nSPS) is 10.8. The molecule has 0 saturated carbocycles. The summed E-state index contributed by atoms with van der Waals surface area (Å²) < 4.78 is 20.1. The molecule has 25 heavy (non-hydrogen) atoms. The highest BCUT2D eigenvalue weighted by Crippen LogP contribution is 2.18. The maximum absolute atomic E-state index is 13.2. The third-order valence-electron chi connectivity index (χ3n) is 3.69. The molecule has 0 radical (unpaired) electrons.